The van der Waals surface area contributed by atoms with Gasteiger partial charge in [0.2, 0.25) is 0 Å². The minimum atomic E-state index is -1.16. The maximum absolute atomic E-state index is 11.3. The number of aliphatic carboxylic acids is 1. The lowest BCUT2D eigenvalue weighted by molar-refractivity contribution is -0.153. The summed E-state index contributed by atoms with van der Waals surface area (Å²) in [7, 11) is 0. The summed E-state index contributed by atoms with van der Waals surface area (Å²) in [5, 5.41) is 8.62. The van der Waals surface area contributed by atoms with E-state index in [9.17, 15) is 9.59 Å². The number of rotatable bonds is 9. The van der Waals surface area contributed by atoms with E-state index in [-0.39, 0.29) is 18.4 Å². The molecular formula is C12H24ClNO4. The van der Waals surface area contributed by atoms with Crippen LogP contribution in [0.2, 0.25) is 0 Å². The highest BCUT2D eigenvalue weighted by atomic mass is 35.5. The molecule has 0 aliphatic carbocycles. The monoisotopic (exact) mass is 281 g/mol. The molecule has 0 aliphatic rings. The van der Waals surface area contributed by atoms with E-state index in [1.165, 1.54) is 13.3 Å². The van der Waals surface area contributed by atoms with E-state index in [2.05, 4.69) is 6.92 Å². The Kier molecular flexibility index (Phi) is 12.2. The third-order valence-electron chi connectivity index (χ3n) is 2.59. The largest absolute Gasteiger partial charge is 0.480 e. The first-order valence-electron chi connectivity index (χ1n) is 6.17. The second-order valence-corrected chi connectivity index (χ2v) is 4.22. The molecule has 0 radical (unpaired) electrons. The van der Waals surface area contributed by atoms with Crippen LogP contribution < -0.4 is 5.73 Å². The van der Waals surface area contributed by atoms with Crippen LogP contribution in [0.5, 0.6) is 0 Å². The molecule has 0 aromatic heterocycles. The van der Waals surface area contributed by atoms with Crippen molar-refractivity contribution in [2.45, 2.75) is 64.5 Å². The quantitative estimate of drug-likeness (QED) is 0.499. The molecule has 0 fully saturated rings. The Balaban J connectivity index is 0. The lowest BCUT2D eigenvalue weighted by atomic mass is 10.1. The van der Waals surface area contributed by atoms with Gasteiger partial charge in [-0.1, -0.05) is 32.6 Å². The zero-order valence-electron chi connectivity index (χ0n) is 11.1. The summed E-state index contributed by atoms with van der Waals surface area (Å²) in [6.45, 7) is 3.62. The summed E-state index contributed by atoms with van der Waals surface area (Å²) in [6.07, 6.45) is 4.80. The predicted octanol–water partition coefficient (Wildman–Crippen LogP) is 2.11. The molecule has 18 heavy (non-hydrogen) atoms. The van der Waals surface area contributed by atoms with E-state index in [1.807, 2.05) is 0 Å². The van der Waals surface area contributed by atoms with E-state index < -0.39 is 18.1 Å². The predicted molar refractivity (Wildman–Crippen MR) is 71.8 cm³/mol. The highest BCUT2D eigenvalue weighted by Gasteiger charge is 2.23. The number of ether oxygens (including phenoxy) is 1. The molecule has 0 saturated carbocycles. The van der Waals surface area contributed by atoms with Gasteiger partial charge in [-0.3, -0.25) is 9.59 Å². The van der Waals surface area contributed by atoms with Crippen molar-refractivity contribution in [3.63, 3.8) is 0 Å². The molecule has 3 N–H and O–H groups in total. The van der Waals surface area contributed by atoms with Crippen molar-refractivity contribution < 1.29 is 19.4 Å². The normalized spacial score (nSPS) is 13.3. The minimum Gasteiger partial charge on any atom is -0.480 e. The molecule has 0 saturated heterocycles. The van der Waals surface area contributed by atoms with Gasteiger partial charge in [0.15, 0.2) is 0 Å². The minimum absolute atomic E-state index is 0. The van der Waals surface area contributed by atoms with E-state index in [4.69, 9.17) is 15.6 Å². The number of carbonyl (C=O) groups excluding carboxylic acids is 1. The first-order valence-corrected chi connectivity index (χ1v) is 6.17. The number of hydrogen-bond donors (Lipinski definition) is 2. The second kappa shape index (κ2) is 11.3. The first kappa shape index (κ1) is 19.5. The molecule has 108 valence electrons. The van der Waals surface area contributed by atoms with Gasteiger partial charge in [0.25, 0.3) is 0 Å². The summed E-state index contributed by atoms with van der Waals surface area (Å²) in [6, 6.07) is -1.15. The van der Waals surface area contributed by atoms with E-state index in [0.717, 1.165) is 25.7 Å². The Labute approximate surface area is 114 Å². The van der Waals surface area contributed by atoms with Crippen molar-refractivity contribution in [2.75, 3.05) is 0 Å². The summed E-state index contributed by atoms with van der Waals surface area (Å²) >= 11 is 0. The van der Waals surface area contributed by atoms with Crippen LogP contribution in [0.25, 0.3) is 0 Å². The van der Waals surface area contributed by atoms with Gasteiger partial charge in [0, 0.05) is 6.42 Å². The smallest absolute Gasteiger partial charge is 0.324 e. The molecule has 0 amide bonds. The highest BCUT2D eigenvalue weighted by Crippen LogP contribution is 2.07. The fourth-order valence-electron chi connectivity index (χ4n) is 1.41. The molecule has 0 aliphatic heterocycles. The van der Waals surface area contributed by atoms with Crippen molar-refractivity contribution in [1.82, 2.24) is 0 Å². The van der Waals surface area contributed by atoms with Crippen LogP contribution in [0, 0.1) is 0 Å². The van der Waals surface area contributed by atoms with Gasteiger partial charge in [-0.05, 0) is 13.3 Å². The van der Waals surface area contributed by atoms with Crippen molar-refractivity contribution in [3.05, 3.63) is 0 Å². The number of carboxylic acids is 1. The molecule has 0 bridgehead atoms. The van der Waals surface area contributed by atoms with Crippen molar-refractivity contribution in [2.24, 2.45) is 5.73 Å². The molecule has 0 spiro atoms. The number of nitrogens with two attached hydrogens (primary N) is 1. The van der Waals surface area contributed by atoms with Gasteiger partial charge in [-0.15, -0.1) is 12.4 Å². The average molecular weight is 282 g/mol. The number of esters is 1. The van der Waals surface area contributed by atoms with Crippen LogP contribution in [0.4, 0.5) is 0 Å². The second-order valence-electron chi connectivity index (χ2n) is 4.22. The molecule has 0 rings (SSSR count). The number of carboxylic acid groups (broad SMARTS) is 1. The summed E-state index contributed by atoms with van der Waals surface area (Å²) in [5.41, 5.74) is 5.33. The van der Waals surface area contributed by atoms with Crippen LogP contribution in [0.3, 0.4) is 0 Å². The standard InChI is InChI=1S/C12H23NO4.ClH/c1-3-4-5-6-7-8-10(14)17-9(2)11(13)12(15)16;/h9,11H,3-8,13H2,1-2H3,(H,15,16);1H. The lowest BCUT2D eigenvalue weighted by Crippen LogP contribution is -2.42. The third kappa shape index (κ3) is 9.24. The van der Waals surface area contributed by atoms with Crippen LogP contribution in [-0.2, 0) is 14.3 Å². The Morgan fingerprint density at radius 1 is 1.22 bits per heavy atom. The van der Waals surface area contributed by atoms with Gasteiger partial charge in [-0.25, -0.2) is 0 Å². The van der Waals surface area contributed by atoms with Gasteiger partial charge in [0.1, 0.15) is 12.1 Å². The van der Waals surface area contributed by atoms with E-state index in [1.54, 1.807) is 0 Å². The zero-order chi connectivity index (χ0) is 13.3. The zero-order valence-corrected chi connectivity index (χ0v) is 11.9. The molecule has 0 aromatic rings. The van der Waals surface area contributed by atoms with Crippen molar-refractivity contribution in [3.8, 4) is 0 Å². The summed E-state index contributed by atoms with van der Waals surface area (Å²) in [4.78, 5) is 21.9. The Morgan fingerprint density at radius 2 is 1.78 bits per heavy atom. The fourth-order valence-corrected chi connectivity index (χ4v) is 1.41. The first-order chi connectivity index (χ1) is 7.99. The summed E-state index contributed by atoms with van der Waals surface area (Å²) in [5.74, 6) is -1.53. The SMILES string of the molecule is CCCCCCCC(=O)OC(C)C(N)C(=O)O.Cl. The van der Waals surface area contributed by atoms with Crippen molar-refractivity contribution in [1.29, 1.82) is 0 Å². The van der Waals surface area contributed by atoms with Crippen LogP contribution in [0.15, 0.2) is 0 Å². The Bertz CT molecular complexity index is 248. The molecule has 2 unspecified atom stereocenters. The Morgan fingerprint density at radius 3 is 2.28 bits per heavy atom. The number of hydrogen-bond acceptors (Lipinski definition) is 4. The maximum Gasteiger partial charge on any atom is 0.324 e. The third-order valence-corrected chi connectivity index (χ3v) is 2.59. The topological polar surface area (TPSA) is 89.6 Å². The van der Waals surface area contributed by atoms with Crippen LogP contribution in [0.1, 0.15) is 52.4 Å². The van der Waals surface area contributed by atoms with Gasteiger partial charge < -0.3 is 15.6 Å². The summed E-state index contributed by atoms with van der Waals surface area (Å²) < 4.78 is 4.94. The fraction of sp³-hybridized carbons (Fsp3) is 0.833. The Hall–Kier alpha value is -0.810. The molecular weight excluding hydrogens is 258 g/mol. The van der Waals surface area contributed by atoms with E-state index >= 15 is 0 Å². The average Bonchev–Trinajstić information content (AvgIpc) is 2.27. The maximum atomic E-state index is 11.3. The van der Waals surface area contributed by atoms with Gasteiger partial charge in [-0.2, -0.15) is 0 Å². The molecule has 5 nitrogen and oxygen atoms in total. The molecule has 0 heterocycles. The number of unbranched alkanes of at least 4 members (excludes halogenated alkanes) is 4. The highest BCUT2D eigenvalue weighted by molar-refractivity contribution is 5.85. The lowest BCUT2D eigenvalue weighted by Gasteiger charge is -2.16. The molecule has 0 aromatic carbocycles. The van der Waals surface area contributed by atoms with Gasteiger partial charge >= 0.3 is 11.9 Å². The number of halogens is 1. The van der Waals surface area contributed by atoms with Crippen LogP contribution >= 0.6 is 12.4 Å². The van der Waals surface area contributed by atoms with Crippen LogP contribution in [-0.4, -0.2) is 29.2 Å². The van der Waals surface area contributed by atoms with Gasteiger partial charge in [0.05, 0.1) is 0 Å². The molecule has 6 heteroatoms. The number of carbonyl (C=O) groups is 2. The molecule has 2 atom stereocenters. The van der Waals surface area contributed by atoms with E-state index in [0.29, 0.717) is 6.42 Å². The van der Waals surface area contributed by atoms with Crippen molar-refractivity contribution >= 4 is 24.3 Å².